The molecule has 0 bridgehead atoms. The van der Waals surface area contributed by atoms with Crippen LogP contribution in [0.25, 0.3) is 5.69 Å². The van der Waals surface area contributed by atoms with Crippen molar-refractivity contribution in [3.63, 3.8) is 0 Å². The van der Waals surface area contributed by atoms with Crippen molar-refractivity contribution in [2.75, 3.05) is 0 Å². The Labute approximate surface area is 117 Å². The van der Waals surface area contributed by atoms with Gasteiger partial charge in [-0.3, -0.25) is 0 Å². The minimum Gasteiger partial charge on any atom is -0.221 e. The summed E-state index contributed by atoms with van der Waals surface area (Å²) in [7, 11) is 0. The monoisotopic (exact) mass is 308 g/mol. The molecule has 0 unspecified atom stereocenters. The first-order valence-electron chi connectivity index (χ1n) is 5.46. The minimum absolute atomic E-state index is 0.00691. The zero-order chi connectivity index (χ0) is 14.2. The van der Waals surface area contributed by atoms with Gasteiger partial charge < -0.3 is 0 Å². The Kier molecular flexibility index (Phi) is 4.06. The van der Waals surface area contributed by atoms with E-state index in [1.807, 2.05) is 6.92 Å². The van der Waals surface area contributed by atoms with E-state index in [2.05, 4.69) is 5.10 Å². The highest BCUT2D eigenvalue weighted by Crippen LogP contribution is 2.27. The van der Waals surface area contributed by atoms with Gasteiger partial charge in [-0.05, 0) is 6.42 Å². The van der Waals surface area contributed by atoms with Crippen molar-refractivity contribution >= 4 is 23.2 Å². The molecule has 0 spiro atoms. The van der Waals surface area contributed by atoms with Crippen molar-refractivity contribution < 1.29 is 13.2 Å². The molecule has 2 aromatic rings. The number of aryl methyl sites for hydroxylation is 1. The van der Waals surface area contributed by atoms with E-state index in [1.165, 1.54) is 0 Å². The summed E-state index contributed by atoms with van der Waals surface area (Å²) in [5, 5.41) is 4.29. The van der Waals surface area contributed by atoms with Crippen molar-refractivity contribution in [2.24, 2.45) is 0 Å². The Morgan fingerprint density at radius 3 is 2.21 bits per heavy atom. The predicted molar refractivity (Wildman–Crippen MR) is 67.4 cm³/mol. The van der Waals surface area contributed by atoms with Crippen LogP contribution in [-0.4, -0.2) is 9.78 Å². The second-order valence-corrected chi connectivity index (χ2v) is 4.46. The highest BCUT2D eigenvalue weighted by molar-refractivity contribution is 6.31. The Morgan fingerprint density at radius 1 is 1.21 bits per heavy atom. The summed E-state index contributed by atoms with van der Waals surface area (Å²) in [6.07, 6.45) is 0.570. The normalized spacial score (nSPS) is 11.1. The molecule has 0 saturated heterocycles. The molecule has 0 saturated carbocycles. The largest absolute Gasteiger partial charge is 0.221 e. The smallest absolute Gasteiger partial charge is 0.194 e. The van der Waals surface area contributed by atoms with Gasteiger partial charge in [0.15, 0.2) is 17.5 Å². The summed E-state index contributed by atoms with van der Waals surface area (Å²) in [6.45, 7) is 1.85. The number of alkyl halides is 1. The topological polar surface area (TPSA) is 17.8 Å². The van der Waals surface area contributed by atoms with Crippen molar-refractivity contribution in [1.29, 1.82) is 0 Å². The van der Waals surface area contributed by atoms with Crippen LogP contribution in [0, 0.1) is 17.5 Å². The van der Waals surface area contributed by atoms with Crippen LogP contribution in [0.15, 0.2) is 12.1 Å². The first-order valence-corrected chi connectivity index (χ1v) is 6.38. The molecule has 0 radical (unpaired) electrons. The molecule has 19 heavy (non-hydrogen) atoms. The van der Waals surface area contributed by atoms with Crippen LogP contribution in [0.2, 0.25) is 5.15 Å². The predicted octanol–water partition coefficient (Wildman–Crippen LogP) is 4.24. The van der Waals surface area contributed by atoms with E-state index in [9.17, 15) is 13.2 Å². The zero-order valence-electron chi connectivity index (χ0n) is 9.85. The van der Waals surface area contributed by atoms with Crippen molar-refractivity contribution in [3.05, 3.63) is 46.0 Å². The number of hydrogen-bond donors (Lipinski definition) is 0. The third-order valence-corrected chi connectivity index (χ3v) is 3.34. The lowest BCUT2D eigenvalue weighted by Gasteiger charge is -2.05. The molecule has 0 aliphatic carbocycles. The third-order valence-electron chi connectivity index (χ3n) is 2.69. The van der Waals surface area contributed by atoms with Gasteiger partial charge in [0.05, 0.1) is 17.3 Å². The number of benzene rings is 1. The number of halogens is 5. The molecule has 0 aliphatic heterocycles. The molecule has 102 valence electrons. The summed E-state index contributed by atoms with van der Waals surface area (Å²) in [4.78, 5) is 0. The Balaban J connectivity index is 2.62. The summed E-state index contributed by atoms with van der Waals surface area (Å²) >= 11 is 11.8. The molecule has 7 heteroatoms. The molecule has 0 fully saturated rings. The molecular weight excluding hydrogens is 300 g/mol. The number of aromatic nitrogens is 2. The van der Waals surface area contributed by atoms with Gasteiger partial charge >= 0.3 is 0 Å². The second kappa shape index (κ2) is 5.43. The van der Waals surface area contributed by atoms with Crippen LogP contribution in [0.1, 0.15) is 18.2 Å². The molecule has 2 rings (SSSR count). The van der Waals surface area contributed by atoms with Gasteiger partial charge in [-0.15, -0.1) is 11.6 Å². The molecule has 0 aliphatic rings. The van der Waals surface area contributed by atoms with Crippen LogP contribution in [0.3, 0.4) is 0 Å². The second-order valence-electron chi connectivity index (χ2n) is 3.84. The highest BCUT2D eigenvalue weighted by atomic mass is 35.5. The van der Waals surface area contributed by atoms with Crippen LogP contribution < -0.4 is 0 Å². The Bertz CT molecular complexity index is 603. The van der Waals surface area contributed by atoms with E-state index in [0.29, 0.717) is 17.7 Å². The molecule has 0 atom stereocenters. The van der Waals surface area contributed by atoms with Gasteiger partial charge in [0, 0.05) is 17.7 Å². The lowest BCUT2D eigenvalue weighted by molar-refractivity contribution is 0.446. The maximum Gasteiger partial charge on any atom is 0.194 e. The molecule has 0 N–H and O–H groups in total. The summed E-state index contributed by atoms with van der Waals surface area (Å²) in [5.74, 6) is -3.99. The SMILES string of the molecule is CCc1nn(-c2cc(F)c(F)c(F)c2)c(Cl)c1CCl. The number of rotatable bonds is 3. The van der Waals surface area contributed by atoms with Gasteiger partial charge in [-0.2, -0.15) is 5.10 Å². The maximum absolute atomic E-state index is 13.2. The molecule has 1 heterocycles. The molecular formula is C12H9Cl2F3N2. The van der Waals surface area contributed by atoms with Gasteiger partial charge in [0.1, 0.15) is 5.15 Å². The fourth-order valence-corrected chi connectivity index (χ4v) is 2.38. The average molecular weight is 309 g/mol. The summed E-state index contributed by atoms with van der Waals surface area (Å²) in [6, 6.07) is 1.66. The first kappa shape index (κ1) is 14.2. The third kappa shape index (κ3) is 2.44. The highest BCUT2D eigenvalue weighted by Gasteiger charge is 2.18. The standard InChI is InChI=1S/C12H9Cl2F3N2/c1-2-10-7(5-13)12(14)19(18-10)6-3-8(15)11(17)9(16)4-6/h3-4H,2,5H2,1H3. The Morgan fingerprint density at radius 2 is 1.79 bits per heavy atom. The van der Waals surface area contributed by atoms with Gasteiger partial charge in [0.25, 0.3) is 0 Å². The zero-order valence-corrected chi connectivity index (χ0v) is 11.4. The number of nitrogens with zero attached hydrogens (tertiary/aromatic N) is 2. The van der Waals surface area contributed by atoms with E-state index in [0.717, 1.165) is 16.8 Å². The van der Waals surface area contributed by atoms with E-state index in [-0.39, 0.29) is 16.7 Å². The van der Waals surface area contributed by atoms with Crippen LogP contribution in [0.5, 0.6) is 0 Å². The van der Waals surface area contributed by atoms with Crippen molar-refractivity contribution in [3.8, 4) is 5.69 Å². The quantitative estimate of drug-likeness (QED) is 0.612. The average Bonchev–Trinajstić information content (AvgIpc) is 2.71. The maximum atomic E-state index is 13.2. The van der Waals surface area contributed by atoms with Crippen LogP contribution in [0.4, 0.5) is 13.2 Å². The first-order chi connectivity index (χ1) is 8.99. The van der Waals surface area contributed by atoms with E-state index < -0.39 is 17.5 Å². The molecule has 0 amide bonds. The number of hydrogen-bond acceptors (Lipinski definition) is 1. The molecule has 1 aromatic heterocycles. The minimum atomic E-state index is -1.53. The fraction of sp³-hybridized carbons (Fsp3) is 0.250. The fourth-order valence-electron chi connectivity index (χ4n) is 1.72. The van der Waals surface area contributed by atoms with Crippen molar-refractivity contribution in [2.45, 2.75) is 19.2 Å². The molecule has 2 nitrogen and oxygen atoms in total. The molecule has 1 aromatic carbocycles. The summed E-state index contributed by atoms with van der Waals surface area (Å²) in [5.41, 5.74) is 1.23. The van der Waals surface area contributed by atoms with E-state index >= 15 is 0 Å². The lowest BCUT2D eigenvalue weighted by atomic mass is 10.2. The van der Waals surface area contributed by atoms with Gasteiger partial charge in [-0.1, -0.05) is 18.5 Å². The summed E-state index contributed by atoms with van der Waals surface area (Å²) < 4.78 is 40.5. The van der Waals surface area contributed by atoms with Crippen molar-refractivity contribution in [1.82, 2.24) is 9.78 Å². The van der Waals surface area contributed by atoms with Gasteiger partial charge in [0.2, 0.25) is 0 Å². The van der Waals surface area contributed by atoms with Crippen LogP contribution in [-0.2, 0) is 12.3 Å². The van der Waals surface area contributed by atoms with E-state index in [1.54, 1.807) is 0 Å². The van der Waals surface area contributed by atoms with Gasteiger partial charge in [-0.25, -0.2) is 17.9 Å². The van der Waals surface area contributed by atoms with E-state index in [4.69, 9.17) is 23.2 Å². The van der Waals surface area contributed by atoms with Crippen LogP contribution >= 0.6 is 23.2 Å². The Hall–Kier alpha value is -1.20. The lowest BCUT2D eigenvalue weighted by Crippen LogP contribution is -2.01.